The van der Waals surface area contributed by atoms with E-state index in [0.717, 1.165) is 12.1 Å². The summed E-state index contributed by atoms with van der Waals surface area (Å²) >= 11 is 0. The van der Waals surface area contributed by atoms with E-state index in [0.29, 0.717) is 25.1 Å². The van der Waals surface area contributed by atoms with Crippen LogP contribution < -0.4 is 10.6 Å². The van der Waals surface area contributed by atoms with Crippen molar-refractivity contribution in [2.24, 2.45) is 5.92 Å². The monoisotopic (exact) mass is 382 g/mol. The third kappa shape index (κ3) is 9.09. The van der Waals surface area contributed by atoms with Crippen molar-refractivity contribution >= 4 is 18.3 Å². The first kappa shape index (κ1) is 23.7. The second-order valence-electron chi connectivity index (χ2n) is 6.04. The molecule has 0 radical (unpaired) electrons. The molecule has 144 valence electrons. The number of benzene rings is 1. The summed E-state index contributed by atoms with van der Waals surface area (Å²) in [5.74, 6) is -0.0274. The molecule has 0 fully saturated rings. The topological polar surface area (TPSA) is 50.4 Å². The van der Waals surface area contributed by atoms with Crippen molar-refractivity contribution in [2.45, 2.75) is 32.5 Å². The average molecular weight is 383 g/mol. The molecule has 0 aliphatic rings. The minimum atomic E-state index is -4.40. The van der Waals surface area contributed by atoms with E-state index in [4.69, 9.17) is 4.74 Å². The Morgan fingerprint density at radius 2 is 1.96 bits per heavy atom. The third-order valence-electron chi connectivity index (χ3n) is 3.43. The average Bonchev–Trinajstić information content (AvgIpc) is 2.50. The van der Waals surface area contributed by atoms with Crippen LogP contribution in [0.3, 0.4) is 0 Å². The van der Waals surface area contributed by atoms with Crippen molar-refractivity contribution in [3.63, 3.8) is 0 Å². The summed E-state index contributed by atoms with van der Waals surface area (Å²) in [4.78, 5) is 12.0. The second-order valence-corrected chi connectivity index (χ2v) is 6.04. The quantitative estimate of drug-likeness (QED) is 0.642. The Bertz CT molecular complexity index is 525. The van der Waals surface area contributed by atoms with Crippen LogP contribution in [-0.2, 0) is 15.7 Å². The summed E-state index contributed by atoms with van der Waals surface area (Å²) in [6.07, 6.45) is -3.84. The molecule has 0 saturated carbocycles. The number of carbonyl (C=O) groups excluding carboxylic acids is 1. The number of methoxy groups -OCH3 is 1. The van der Waals surface area contributed by atoms with Crippen LogP contribution in [-0.4, -0.2) is 32.7 Å². The molecule has 8 heteroatoms. The van der Waals surface area contributed by atoms with E-state index in [1.807, 2.05) is 13.8 Å². The lowest BCUT2D eigenvalue weighted by Gasteiger charge is -2.22. The van der Waals surface area contributed by atoms with E-state index >= 15 is 0 Å². The number of rotatable bonds is 9. The summed E-state index contributed by atoms with van der Waals surface area (Å²) in [6.45, 7) is 5.03. The number of amides is 1. The Labute approximate surface area is 152 Å². The van der Waals surface area contributed by atoms with Gasteiger partial charge in [-0.15, -0.1) is 12.4 Å². The first-order valence-corrected chi connectivity index (χ1v) is 7.90. The van der Waals surface area contributed by atoms with E-state index in [1.165, 1.54) is 6.07 Å². The highest BCUT2D eigenvalue weighted by molar-refractivity contribution is 5.85. The number of ether oxygens (including phenoxy) is 1. The Balaban J connectivity index is 0.00000576. The van der Waals surface area contributed by atoms with Crippen LogP contribution in [0.5, 0.6) is 0 Å². The molecule has 1 atom stereocenters. The van der Waals surface area contributed by atoms with Crippen LogP contribution in [0.25, 0.3) is 0 Å². The summed E-state index contributed by atoms with van der Waals surface area (Å²) in [7, 11) is 1.56. The zero-order chi connectivity index (χ0) is 18.2. The van der Waals surface area contributed by atoms with E-state index in [9.17, 15) is 18.0 Å². The lowest BCUT2D eigenvalue weighted by atomic mass is 9.95. The zero-order valence-electron chi connectivity index (χ0n) is 14.7. The van der Waals surface area contributed by atoms with Crippen LogP contribution >= 0.6 is 12.4 Å². The maximum atomic E-state index is 12.9. The molecule has 1 rings (SSSR count). The van der Waals surface area contributed by atoms with Gasteiger partial charge in [-0.3, -0.25) is 4.79 Å². The summed E-state index contributed by atoms with van der Waals surface area (Å²) < 4.78 is 43.5. The third-order valence-corrected chi connectivity index (χ3v) is 3.43. The SMILES string of the molecule is COCCNCC(=O)NC(CC(C)C)c1cccc(C(F)(F)F)c1.Cl. The van der Waals surface area contributed by atoms with Crippen molar-refractivity contribution < 1.29 is 22.7 Å². The number of hydrogen-bond donors (Lipinski definition) is 2. The molecule has 4 nitrogen and oxygen atoms in total. The number of carbonyl (C=O) groups is 1. The van der Waals surface area contributed by atoms with Gasteiger partial charge in [0.2, 0.25) is 5.91 Å². The molecule has 0 saturated heterocycles. The van der Waals surface area contributed by atoms with E-state index in [2.05, 4.69) is 10.6 Å². The number of alkyl halides is 3. The number of halogens is 4. The van der Waals surface area contributed by atoms with Gasteiger partial charge in [-0.25, -0.2) is 0 Å². The Morgan fingerprint density at radius 1 is 1.28 bits per heavy atom. The van der Waals surface area contributed by atoms with E-state index < -0.39 is 17.8 Å². The smallest absolute Gasteiger partial charge is 0.383 e. The molecule has 1 aromatic rings. The minimum absolute atomic E-state index is 0. The van der Waals surface area contributed by atoms with Gasteiger partial charge < -0.3 is 15.4 Å². The fourth-order valence-electron chi connectivity index (χ4n) is 2.30. The molecule has 1 amide bonds. The first-order valence-electron chi connectivity index (χ1n) is 7.90. The van der Waals surface area contributed by atoms with E-state index in [-0.39, 0.29) is 30.8 Å². The highest BCUT2D eigenvalue weighted by atomic mass is 35.5. The first-order chi connectivity index (χ1) is 11.2. The molecule has 25 heavy (non-hydrogen) atoms. The molecular formula is C17H26ClF3N2O2. The summed E-state index contributed by atoms with van der Waals surface area (Å²) in [6, 6.07) is 4.66. The zero-order valence-corrected chi connectivity index (χ0v) is 15.5. The highest BCUT2D eigenvalue weighted by Crippen LogP contribution is 2.31. The lowest BCUT2D eigenvalue weighted by molar-refractivity contribution is -0.137. The largest absolute Gasteiger partial charge is 0.416 e. The Kier molecular flexibility index (Phi) is 10.7. The predicted octanol–water partition coefficient (Wildman–Crippen LogP) is 3.57. The summed E-state index contributed by atoms with van der Waals surface area (Å²) in [5.41, 5.74) is -0.245. The Morgan fingerprint density at radius 3 is 2.52 bits per heavy atom. The predicted molar refractivity (Wildman–Crippen MR) is 93.8 cm³/mol. The van der Waals surface area contributed by atoms with Crippen LogP contribution in [0.1, 0.15) is 37.4 Å². The molecule has 0 aromatic heterocycles. The fraction of sp³-hybridized carbons (Fsp3) is 0.588. The minimum Gasteiger partial charge on any atom is -0.383 e. The van der Waals surface area contributed by atoms with Gasteiger partial charge in [-0.2, -0.15) is 13.2 Å². The molecule has 0 bridgehead atoms. The van der Waals surface area contributed by atoms with Crippen LogP contribution in [0.4, 0.5) is 13.2 Å². The molecule has 0 aliphatic carbocycles. The fourth-order valence-corrected chi connectivity index (χ4v) is 2.30. The normalized spacial score (nSPS) is 12.6. The maximum absolute atomic E-state index is 12.9. The van der Waals surface area contributed by atoms with Gasteiger partial charge in [0.05, 0.1) is 24.8 Å². The van der Waals surface area contributed by atoms with E-state index in [1.54, 1.807) is 13.2 Å². The van der Waals surface area contributed by atoms with Gasteiger partial charge in [0, 0.05) is 13.7 Å². The van der Waals surface area contributed by atoms with Crippen LogP contribution in [0.15, 0.2) is 24.3 Å². The van der Waals surface area contributed by atoms with Crippen molar-refractivity contribution in [1.29, 1.82) is 0 Å². The van der Waals surface area contributed by atoms with Crippen molar-refractivity contribution in [3.05, 3.63) is 35.4 Å². The van der Waals surface area contributed by atoms with Gasteiger partial charge in [-0.1, -0.05) is 26.0 Å². The number of nitrogens with one attached hydrogen (secondary N) is 2. The lowest BCUT2D eigenvalue weighted by Crippen LogP contribution is -2.37. The molecule has 0 heterocycles. The molecule has 1 aromatic carbocycles. The second kappa shape index (κ2) is 11.3. The standard InChI is InChI=1S/C17H25F3N2O2.ClH/c1-12(2)9-15(22-16(23)11-21-7-8-24-3)13-5-4-6-14(10-13)17(18,19)20;/h4-6,10,12,15,21H,7-9,11H2,1-3H3,(H,22,23);1H. The molecule has 1 unspecified atom stereocenters. The summed E-state index contributed by atoms with van der Waals surface area (Å²) in [5, 5.41) is 5.73. The molecular weight excluding hydrogens is 357 g/mol. The van der Waals surface area contributed by atoms with Crippen molar-refractivity contribution in [2.75, 3.05) is 26.8 Å². The van der Waals surface area contributed by atoms with Gasteiger partial charge in [-0.05, 0) is 30.0 Å². The molecule has 2 N–H and O–H groups in total. The van der Waals surface area contributed by atoms with Crippen LogP contribution in [0, 0.1) is 5.92 Å². The van der Waals surface area contributed by atoms with Gasteiger partial charge >= 0.3 is 6.18 Å². The van der Waals surface area contributed by atoms with Gasteiger partial charge in [0.1, 0.15) is 0 Å². The Hall–Kier alpha value is -1.31. The maximum Gasteiger partial charge on any atom is 0.416 e. The molecule has 0 aliphatic heterocycles. The van der Waals surface area contributed by atoms with Crippen LogP contribution in [0.2, 0.25) is 0 Å². The van der Waals surface area contributed by atoms with Crippen molar-refractivity contribution in [3.8, 4) is 0 Å². The number of hydrogen-bond acceptors (Lipinski definition) is 3. The highest BCUT2D eigenvalue weighted by Gasteiger charge is 2.31. The van der Waals surface area contributed by atoms with Crippen molar-refractivity contribution in [1.82, 2.24) is 10.6 Å². The van der Waals surface area contributed by atoms with Gasteiger partial charge in [0.15, 0.2) is 0 Å². The molecule has 0 spiro atoms. The van der Waals surface area contributed by atoms with Gasteiger partial charge in [0.25, 0.3) is 0 Å².